The Morgan fingerprint density at radius 2 is 1.95 bits per heavy atom. The number of nitrogen functional groups attached to an aromatic ring is 1. The van der Waals surface area contributed by atoms with Crippen LogP contribution in [0.25, 0.3) is 10.9 Å². The van der Waals surface area contributed by atoms with Crippen molar-refractivity contribution < 1.29 is 4.79 Å². The van der Waals surface area contributed by atoms with Crippen LogP contribution >= 0.6 is 0 Å². The molecule has 0 amide bonds. The van der Waals surface area contributed by atoms with Gasteiger partial charge in [0.25, 0.3) is 0 Å². The number of hydrogen-bond acceptors (Lipinski definition) is 2. The number of ketones is 1. The molecule has 94 valence electrons. The Balaban J connectivity index is 2.17. The van der Waals surface area contributed by atoms with Crippen LogP contribution in [0.4, 0.5) is 5.69 Å². The zero-order chi connectivity index (χ0) is 13.4. The summed E-state index contributed by atoms with van der Waals surface area (Å²) in [5, 5.41) is 0.981. The topological polar surface area (TPSA) is 58.9 Å². The number of benzene rings is 2. The second kappa shape index (κ2) is 4.28. The predicted molar refractivity (Wildman–Crippen MR) is 77.3 cm³/mol. The van der Waals surface area contributed by atoms with Gasteiger partial charge in [-0.25, -0.2) is 0 Å². The molecule has 0 aliphatic rings. The van der Waals surface area contributed by atoms with Gasteiger partial charge in [-0.3, -0.25) is 4.79 Å². The van der Waals surface area contributed by atoms with E-state index < -0.39 is 0 Å². The van der Waals surface area contributed by atoms with Gasteiger partial charge in [0.1, 0.15) is 0 Å². The van der Waals surface area contributed by atoms with Crippen LogP contribution in [0, 0.1) is 6.92 Å². The summed E-state index contributed by atoms with van der Waals surface area (Å²) in [6.45, 7) is 2.01. The lowest BCUT2D eigenvalue weighted by Crippen LogP contribution is -2.01. The summed E-state index contributed by atoms with van der Waals surface area (Å²) in [7, 11) is 0. The fourth-order valence-electron chi connectivity index (χ4n) is 2.38. The number of carbonyl (C=O) groups excluding carboxylic acids is 1. The van der Waals surface area contributed by atoms with Gasteiger partial charge in [-0.15, -0.1) is 0 Å². The molecule has 3 N–H and O–H groups in total. The van der Waals surface area contributed by atoms with Crippen LogP contribution in [-0.2, 0) is 0 Å². The van der Waals surface area contributed by atoms with Crippen LogP contribution in [0.1, 0.15) is 21.5 Å². The smallest absolute Gasteiger partial charge is 0.195 e. The molecule has 0 aliphatic heterocycles. The van der Waals surface area contributed by atoms with E-state index in [0.717, 1.165) is 16.5 Å². The summed E-state index contributed by atoms with van der Waals surface area (Å²) < 4.78 is 0. The van der Waals surface area contributed by atoms with E-state index in [4.69, 9.17) is 5.73 Å². The van der Waals surface area contributed by atoms with Gasteiger partial charge in [-0.05, 0) is 30.7 Å². The molecule has 0 spiro atoms. The predicted octanol–water partition coefficient (Wildman–Crippen LogP) is 3.29. The number of fused-ring (bicyclic) bond motifs is 1. The molecule has 19 heavy (non-hydrogen) atoms. The molecular formula is C16H14N2O. The van der Waals surface area contributed by atoms with Gasteiger partial charge < -0.3 is 10.7 Å². The highest BCUT2D eigenvalue weighted by Gasteiger charge is 2.15. The van der Waals surface area contributed by atoms with Gasteiger partial charge in [0, 0.05) is 33.9 Å². The number of hydrogen-bond donors (Lipinski definition) is 2. The zero-order valence-corrected chi connectivity index (χ0v) is 10.6. The van der Waals surface area contributed by atoms with E-state index in [0.29, 0.717) is 16.8 Å². The van der Waals surface area contributed by atoms with E-state index in [1.807, 2.05) is 25.1 Å². The van der Waals surface area contributed by atoms with Gasteiger partial charge in [0.05, 0.1) is 0 Å². The molecule has 0 atom stereocenters. The molecule has 0 radical (unpaired) electrons. The Hall–Kier alpha value is -2.55. The standard InChI is InChI=1S/C16H14N2O/c1-10-4-2-7-14-15(10)13(9-18-14)16(19)11-5-3-6-12(17)8-11/h2-9,18H,17H2,1H3. The van der Waals surface area contributed by atoms with Crippen LogP contribution in [-0.4, -0.2) is 10.8 Å². The molecule has 0 fully saturated rings. The number of nitrogens with one attached hydrogen (secondary N) is 1. The molecule has 0 saturated carbocycles. The third-order valence-electron chi connectivity index (χ3n) is 3.31. The highest BCUT2D eigenvalue weighted by molar-refractivity contribution is 6.17. The van der Waals surface area contributed by atoms with Gasteiger partial charge in [0.15, 0.2) is 5.78 Å². The maximum atomic E-state index is 12.6. The number of H-pyrrole nitrogens is 1. The number of aromatic amines is 1. The van der Waals surface area contributed by atoms with E-state index in [2.05, 4.69) is 4.98 Å². The normalized spacial score (nSPS) is 10.8. The third kappa shape index (κ3) is 1.89. The summed E-state index contributed by atoms with van der Waals surface area (Å²) in [4.78, 5) is 15.7. The summed E-state index contributed by atoms with van der Waals surface area (Å²) in [5.74, 6) is -0.00662. The minimum atomic E-state index is -0.00662. The molecule has 0 saturated heterocycles. The Morgan fingerprint density at radius 1 is 1.16 bits per heavy atom. The van der Waals surface area contributed by atoms with Crippen molar-refractivity contribution in [2.75, 3.05) is 5.73 Å². The molecule has 3 heteroatoms. The Bertz CT molecular complexity index is 771. The number of carbonyl (C=O) groups is 1. The van der Waals surface area contributed by atoms with Crippen molar-refractivity contribution in [2.45, 2.75) is 6.92 Å². The minimum Gasteiger partial charge on any atom is -0.399 e. The number of nitrogens with two attached hydrogens (primary N) is 1. The van der Waals surface area contributed by atoms with E-state index in [1.54, 1.807) is 30.5 Å². The van der Waals surface area contributed by atoms with E-state index in [-0.39, 0.29) is 5.78 Å². The first kappa shape index (κ1) is 11.5. The van der Waals surface area contributed by atoms with Crippen LogP contribution < -0.4 is 5.73 Å². The van der Waals surface area contributed by atoms with Crippen molar-refractivity contribution in [3.05, 3.63) is 65.4 Å². The Morgan fingerprint density at radius 3 is 2.74 bits per heavy atom. The summed E-state index contributed by atoms with van der Waals surface area (Å²) in [6, 6.07) is 13.0. The van der Waals surface area contributed by atoms with Crippen molar-refractivity contribution in [1.29, 1.82) is 0 Å². The molecule has 1 aromatic heterocycles. The van der Waals surface area contributed by atoms with E-state index >= 15 is 0 Å². The second-order valence-electron chi connectivity index (χ2n) is 4.65. The Labute approximate surface area is 111 Å². The van der Waals surface area contributed by atoms with Crippen molar-refractivity contribution >= 4 is 22.4 Å². The van der Waals surface area contributed by atoms with Gasteiger partial charge in [-0.2, -0.15) is 0 Å². The quantitative estimate of drug-likeness (QED) is 0.541. The summed E-state index contributed by atoms with van der Waals surface area (Å²) in [6.07, 6.45) is 1.77. The molecule has 0 aliphatic carbocycles. The van der Waals surface area contributed by atoms with Crippen LogP contribution in [0.2, 0.25) is 0 Å². The molecule has 0 bridgehead atoms. The molecular weight excluding hydrogens is 236 g/mol. The lowest BCUT2D eigenvalue weighted by molar-refractivity contribution is 0.104. The number of aryl methyl sites for hydroxylation is 1. The highest BCUT2D eigenvalue weighted by atomic mass is 16.1. The molecule has 3 rings (SSSR count). The van der Waals surface area contributed by atoms with Gasteiger partial charge in [0.2, 0.25) is 0 Å². The van der Waals surface area contributed by atoms with E-state index in [1.165, 1.54) is 0 Å². The summed E-state index contributed by atoms with van der Waals surface area (Å²) >= 11 is 0. The summed E-state index contributed by atoms with van der Waals surface area (Å²) in [5.41, 5.74) is 9.71. The molecule has 2 aromatic carbocycles. The van der Waals surface area contributed by atoms with Crippen molar-refractivity contribution in [3.63, 3.8) is 0 Å². The third-order valence-corrected chi connectivity index (χ3v) is 3.31. The van der Waals surface area contributed by atoms with E-state index in [9.17, 15) is 4.79 Å². The molecule has 3 aromatic rings. The maximum Gasteiger partial charge on any atom is 0.195 e. The number of anilines is 1. The fraction of sp³-hybridized carbons (Fsp3) is 0.0625. The minimum absolute atomic E-state index is 0.00662. The Kier molecular flexibility index (Phi) is 2.60. The van der Waals surface area contributed by atoms with Gasteiger partial charge >= 0.3 is 0 Å². The van der Waals surface area contributed by atoms with Crippen molar-refractivity contribution in [1.82, 2.24) is 4.98 Å². The maximum absolute atomic E-state index is 12.6. The largest absolute Gasteiger partial charge is 0.399 e. The molecule has 1 heterocycles. The van der Waals surface area contributed by atoms with Gasteiger partial charge in [-0.1, -0.05) is 24.3 Å². The van der Waals surface area contributed by atoms with Crippen LogP contribution in [0.3, 0.4) is 0 Å². The number of rotatable bonds is 2. The second-order valence-corrected chi connectivity index (χ2v) is 4.65. The highest BCUT2D eigenvalue weighted by Crippen LogP contribution is 2.24. The average molecular weight is 250 g/mol. The van der Waals surface area contributed by atoms with Crippen LogP contribution in [0.5, 0.6) is 0 Å². The van der Waals surface area contributed by atoms with Crippen molar-refractivity contribution in [2.24, 2.45) is 0 Å². The zero-order valence-electron chi connectivity index (χ0n) is 10.6. The average Bonchev–Trinajstić information content (AvgIpc) is 2.83. The monoisotopic (exact) mass is 250 g/mol. The number of aromatic nitrogens is 1. The van der Waals surface area contributed by atoms with Crippen molar-refractivity contribution in [3.8, 4) is 0 Å². The first-order valence-electron chi connectivity index (χ1n) is 6.14. The first-order valence-corrected chi connectivity index (χ1v) is 6.14. The lowest BCUT2D eigenvalue weighted by atomic mass is 10.00. The molecule has 3 nitrogen and oxygen atoms in total. The lowest BCUT2D eigenvalue weighted by Gasteiger charge is -2.03. The SMILES string of the molecule is Cc1cccc2[nH]cc(C(=O)c3cccc(N)c3)c12. The fourth-order valence-corrected chi connectivity index (χ4v) is 2.38. The first-order chi connectivity index (χ1) is 9.16. The molecule has 0 unspecified atom stereocenters. The van der Waals surface area contributed by atoms with Crippen LogP contribution in [0.15, 0.2) is 48.7 Å².